The van der Waals surface area contributed by atoms with Crippen LogP contribution in [0.15, 0.2) is 41.5 Å². The Morgan fingerprint density at radius 3 is 2.52 bits per heavy atom. The molecule has 0 bridgehead atoms. The van der Waals surface area contributed by atoms with Gasteiger partial charge in [-0.25, -0.2) is 5.43 Å². The number of carbonyl (C=O) groups excluding carboxylic acids is 3. The van der Waals surface area contributed by atoms with Gasteiger partial charge in [-0.15, -0.1) is 0 Å². The van der Waals surface area contributed by atoms with Crippen molar-refractivity contribution < 1.29 is 23.9 Å². The summed E-state index contributed by atoms with van der Waals surface area (Å²) in [6.07, 6.45) is 3.13. The quantitative estimate of drug-likeness (QED) is 0.282. The molecule has 1 aliphatic rings. The van der Waals surface area contributed by atoms with Crippen molar-refractivity contribution in [3.8, 4) is 11.5 Å². The number of nitrogens with zero attached hydrogens (tertiary/aromatic N) is 1. The van der Waals surface area contributed by atoms with Gasteiger partial charge in [-0.2, -0.15) is 5.10 Å². The second-order valence-corrected chi connectivity index (χ2v) is 7.87. The molecule has 0 spiro atoms. The van der Waals surface area contributed by atoms with E-state index in [9.17, 15) is 14.4 Å². The lowest BCUT2D eigenvalue weighted by molar-refractivity contribution is -0.139. The summed E-state index contributed by atoms with van der Waals surface area (Å²) >= 11 is 11.8. The number of rotatable bonds is 9. The summed E-state index contributed by atoms with van der Waals surface area (Å²) in [6, 6.07) is 9.73. The van der Waals surface area contributed by atoms with E-state index in [1.165, 1.54) is 12.3 Å². The van der Waals surface area contributed by atoms with Crippen LogP contribution in [0.2, 0.25) is 10.0 Å². The highest BCUT2D eigenvalue weighted by molar-refractivity contribution is 6.42. The SMILES string of the molecule is CCOc1cc(/C=N\NC(=O)C(=O)NC2CC2)ccc1OCC(=O)Nc1ccc(Cl)c(Cl)c1. The van der Waals surface area contributed by atoms with Gasteiger partial charge in [0.25, 0.3) is 5.91 Å². The van der Waals surface area contributed by atoms with Crippen LogP contribution in [-0.2, 0) is 14.4 Å². The molecule has 3 amide bonds. The van der Waals surface area contributed by atoms with Crippen LogP contribution in [0.1, 0.15) is 25.3 Å². The summed E-state index contributed by atoms with van der Waals surface area (Å²) in [6.45, 7) is 1.91. The Kier molecular flexibility index (Phi) is 8.51. The third kappa shape index (κ3) is 7.65. The Bertz CT molecular complexity index is 1070. The molecule has 1 saturated carbocycles. The molecule has 3 rings (SSSR count). The maximum absolute atomic E-state index is 12.2. The third-order valence-corrected chi connectivity index (χ3v) is 5.07. The van der Waals surface area contributed by atoms with Crippen LogP contribution in [0.5, 0.6) is 11.5 Å². The summed E-state index contributed by atoms with van der Waals surface area (Å²) < 4.78 is 11.2. The second-order valence-electron chi connectivity index (χ2n) is 7.05. The Hall–Kier alpha value is -3.30. The van der Waals surface area contributed by atoms with Crippen molar-refractivity contribution in [2.24, 2.45) is 5.10 Å². The van der Waals surface area contributed by atoms with Gasteiger partial charge in [0.05, 0.1) is 22.9 Å². The van der Waals surface area contributed by atoms with Gasteiger partial charge in [0.1, 0.15) is 0 Å². The molecule has 9 nitrogen and oxygen atoms in total. The molecule has 0 aliphatic heterocycles. The van der Waals surface area contributed by atoms with Gasteiger partial charge in [-0.05, 0) is 61.7 Å². The number of amides is 3. The molecule has 0 heterocycles. The van der Waals surface area contributed by atoms with E-state index < -0.39 is 17.7 Å². The first kappa shape index (κ1) is 24.3. The van der Waals surface area contributed by atoms with Crippen molar-refractivity contribution in [2.75, 3.05) is 18.5 Å². The summed E-state index contributed by atoms with van der Waals surface area (Å²) in [5.41, 5.74) is 3.26. The van der Waals surface area contributed by atoms with Crippen LogP contribution in [0.4, 0.5) is 5.69 Å². The predicted molar refractivity (Wildman–Crippen MR) is 125 cm³/mol. The third-order valence-electron chi connectivity index (χ3n) is 4.33. The zero-order valence-corrected chi connectivity index (χ0v) is 19.2. The van der Waals surface area contributed by atoms with E-state index in [4.69, 9.17) is 32.7 Å². The molecule has 0 radical (unpaired) electrons. The number of carbonyl (C=O) groups is 3. The normalized spacial score (nSPS) is 12.8. The minimum Gasteiger partial charge on any atom is -0.490 e. The standard InChI is InChI=1S/C22H22Cl2N4O5/c1-2-32-19-9-13(11-25-28-22(31)21(30)27-14-4-5-14)3-8-18(19)33-12-20(29)26-15-6-7-16(23)17(24)10-15/h3,6-11,14H,2,4-5,12H2,1H3,(H,26,29)(H,27,30)(H,28,31)/b25-11-. The molecule has 0 saturated heterocycles. The molecule has 1 aliphatic carbocycles. The van der Waals surface area contributed by atoms with Crippen LogP contribution in [0, 0.1) is 0 Å². The average Bonchev–Trinajstić information content (AvgIpc) is 3.60. The van der Waals surface area contributed by atoms with Crippen molar-refractivity contribution in [1.29, 1.82) is 0 Å². The van der Waals surface area contributed by atoms with Crippen molar-refractivity contribution in [2.45, 2.75) is 25.8 Å². The number of hydrogen-bond donors (Lipinski definition) is 3. The van der Waals surface area contributed by atoms with Crippen LogP contribution in [-0.4, -0.2) is 43.2 Å². The summed E-state index contributed by atoms with van der Waals surface area (Å²) in [4.78, 5) is 35.5. The van der Waals surface area contributed by atoms with E-state index in [1.54, 1.807) is 37.3 Å². The Morgan fingerprint density at radius 1 is 1.03 bits per heavy atom. The Labute approximate surface area is 200 Å². The predicted octanol–water partition coefficient (Wildman–Crippen LogP) is 3.14. The van der Waals surface area contributed by atoms with E-state index in [0.717, 1.165) is 12.8 Å². The summed E-state index contributed by atoms with van der Waals surface area (Å²) in [5, 5.41) is 9.74. The molecule has 1 fully saturated rings. The van der Waals surface area contributed by atoms with E-state index in [-0.39, 0.29) is 12.6 Å². The number of ether oxygens (including phenoxy) is 2. The monoisotopic (exact) mass is 492 g/mol. The number of hydrogen-bond acceptors (Lipinski definition) is 6. The van der Waals surface area contributed by atoms with E-state index in [0.29, 0.717) is 39.4 Å². The molecule has 174 valence electrons. The number of anilines is 1. The minimum atomic E-state index is -0.837. The lowest BCUT2D eigenvalue weighted by atomic mass is 10.2. The van der Waals surface area contributed by atoms with Crippen LogP contribution in [0.3, 0.4) is 0 Å². The van der Waals surface area contributed by atoms with Gasteiger partial charge in [-0.3, -0.25) is 14.4 Å². The van der Waals surface area contributed by atoms with E-state index >= 15 is 0 Å². The van der Waals surface area contributed by atoms with E-state index in [2.05, 4.69) is 21.2 Å². The zero-order valence-electron chi connectivity index (χ0n) is 17.7. The second kappa shape index (κ2) is 11.5. The van der Waals surface area contributed by atoms with Crippen molar-refractivity contribution in [3.05, 3.63) is 52.0 Å². The largest absolute Gasteiger partial charge is 0.490 e. The highest BCUT2D eigenvalue weighted by atomic mass is 35.5. The number of nitrogens with one attached hydrogen (secondary N) is 3. The van der Waals surface area contributed by atoms with Crippen molar-refractivity contribution in [3.63, 3.8) is 0 Å². The first-order valence-electron chi connectivity index (χ1n) is 10.1. The maximum Gasteiger partial charge on any atom is 0.329 e. The fourth-order valence-electron chi connectivity index (χ4n) is 2.60. The topological polar surface area (TPSA) is 118 Å². The van der Waals surface area contributed by atoms with Gasteiger partial charge in [0.2, 0.25) is 0 Å². The number of hydrazone groups is 1. The first-order chi connectivity index (χ1) is 15.9. The Balaban J connectivity index is 1.55. The smallest absolute Gasteiger partial charge is 0.329 e. The van der Waals surface area contributed by atoms with E-state index in [1.807, 2.05) is 0 Å². The molecular formula is C22H22Cl2N4O5. The molecule has 11 heteroatoms. The fraction of sp³-hybridized carbons (Fsp3) is 0.273. The molecule has 2 aromatic carbocycles. The highest BCUT2D eigenvalue weighted by Gasteiger charge is 2.26. The molecule has 3 N–H and O–H groups in total. The molecule has 0 aromatic heterocycles. The zero-order chi connectivity index (χ0) is 23.8. The molecule has 2 aromatic rings. The van der Waals surface area contributed by atoms with Crippen LogP contribution in [0.25, 0.3) is 0 Å². The van der Waals surface area contributed by atoms with Gasteiger partial charge >= 0.3 is 11.8 Å². The lowest BCUT2D eigenvalue weighted by Gasteiger charge is -2.13. The molecule has 0 atom stereocenters. The van der Waals surface area contributed by atoms with Gasteiger partial charge < -0.3 is 20.1 Å². The molecule has 0 unspecified atom stereocenters. The highest BCUT2D eigenvalue weighted by Crippen LogP contribution is 2.28. The summed E-state index contributed by atoms with van der Waals surface area (Å²) in [7, 11) is 0. The van der Waals surface area contributed by atoms with Crippen molar-refractivity contribution in [1.82, 2.24) is 10.7 Å². The van der Waals surface area contributed by atoms with Crippen molar-refractivity contribution >= 4 is 52.8 Å². The van der Waals surface area contributed by atoms with Gasteiger partial charge in [0.15, 0.2) is 18.1 Å². The average molecular weight is 493 g/mol. The number of benzene rings is 2. The van der Waals surface area contributed by atoms with Gasteiger partial charge in [0, 0.05) is 11.7 Å². The number of halogens is 2. The van der Waals surface area contributed by atoms with Crippen LogP contribution < -0.4 is 25.5 Å². The first-order valence-corrected chi connectivity index (χ1v) is 10.9. The Morgan fingerprint density at radius 2 is 1.82 bits per heavy atom. The lowest BCUT2D eigenvalue weighted by Crippen LogP contribution is -2.38. The molecule has 33 heavy (non-hydrogen) atoms. The van der Waals surface area contributed by atoms with Gasteiger partial charge in [-0.1, -0.05) is 23.2 Å². The summed E-state index contributed by atoms with van der Waals surface area (Å²) in [5.74, 6) is -1.20. The van der Waals surface area contributed by atoms with Crippen LogP contribution >= 0.6 is 23.2 Å². The molecular weight excluding hydrogens is 471 g/mol. The fourth-order valence-corrected chi connectivity index (χ4v) is 2.90. The minimum absolute atomic E-state index is 0.0830. The maximum atomic E-state index is 12.2.